The molecule has 0 spiro atoms. The van der Waals surface area contributed by atoms with E-state index < -0.39 is 0 Å². The van der Waals surface area contributed by atoms with Crippen LogP contribution in [-0.4, -0.2) is 64.8 Å². The van der Waals surface area contributed by atoms with E-state index in [0.29, 0.717) is 47.9 Å². The van der Waals surface area contributed by atoms with Crippen LogP contribution in [0.25, 0.3) is 0 Å². The predicted octanol–water partition coefficient (Wildman–Crippen LogP) is 3.69. The van der Waals surface area contributed by atoms with Gasteiger partial charge in [-0.3, -0.25) is 9.63 Å². The van der Waals surface area contributed by atoms with E-state index in [-0.39, 0.29) is 28.9 Å². The maximum atomic E-state index is 12.7. The number of hydroxylamine groups is 1. The molecule has 172 valence electrons. The summed E-state index contributed by atoms with van der Waals surface area (Å²) in [4.78, 5) is 41.9. The summed E-state index contributed by atoms with van der Waals surface area (Å²) < 4.78 is 0. The number of aromatic nitrogens is 2. The first kappa shape index (κ1) is 24.4. The Kier molecular flexibility index (Phi) is 8.80. The van der Waals surface area contributed by atoms with Gasteiger partial charge in [-0.1, -0.05) is 41.0 Å². The number of nitrogens with one attached hydrogen (secondary N) is 2. The van der Waals surface area contributed by atoms with Crippen molar-refractivity contribution in [1.29, 1.82) is 0 Å². The van der Waals surface area contributed by atoms with Crippen LogP contribution >= 0.6 is 35.0 Å². The van der Waals surface area contributed by atoms with Gasteiger partial charge in [-0.05, 0) is 32.0 Å². The van der Waals surface area contributed by atoms with E-state index in [4.69, 9.17) is 28.0 Å². The minimum absolute atomic E-state index is 0.0650. The van der Waals surface area contributed by atoms with Gasteiger partial charge in [0.1, 0.15) is 11.0 Å². The Hall–Kier alpha value is -2.27. The molecule has 1 aliphatic rings. The van der Waals surface area contributed by atoms with Crippen LogP contribution in [0.2, 0.25) is 10.2 Å². The molecular weight excluding hydrogens is 475 g/mol. The number of hydrogen-bond acceptors (Lipinski definition) is 7. The molecule has 12 heteroatoms. The monoisotopic (exact) mass is 498 g/mol. The van der Waals surface area contributed by atoms with Crippen molar-refractivity contribution < 1.29 is 14.4 Å². The van der Waals surface area contributed by atoms with Crippen molar-refractivity contribution in [2.45, 2.75) is 25.0 Å². The van der Waals surface area contributed by atoms with Gasteiger partial charge in [0, 0.05) is 42.5 Å². The lowest BCUT2D eigenvalue weighted by Gasteiger charge is -2.40. The van der Waals surface area contributed by atoms with Crippen molar-refractivity contribution in [2.75, 3.05) is 42.2 Å². The Morgan fingerprint density at radius 2 is 2.06 bits per heavy atom. The van der Waals surface area contributed by atoms with E-state index in [9.17, 15) is 9.59 Å². The molecule has 1 atom stereocenters. The summed E-state index contributed by atoms with van der Waals surface area (Å²) in [7, 11) is 0. The number of amides is 3. The Labute approximate surface area is 200 Å². The zero-order chi connectivity index (χ0) is 23.1. The summed E-state index contributed by atoms with van der Waals surface area (Å²) >= 11 is 13.3. The van der Waals surface area contributed by atoms with Gasteiger partial charge in [0.05, 0.1) is 12.4 Å². The summed E-state index contributed by atoms with van der Waals surface area (Å²) in [5.41, 5.74) is 2.98. The van der Waals surface area contributed by atoms with Gasteiger partial charge in [0.2, 0.25) is 0 Å². The number of rotatable bonds is 7. The second kappa shape index (κ2) is 11.6. The van der Waals surface area contributed by atoms with Crippen LogP contribution in [-0.2, 0) is 9.63 Å². The third kappa shape index (κ3) is 6.86. The second-order valence-electron chi connectivity index (χ2n) is 7.01. The van der Waals surface area contributed by atoms with Gasteiger partial charge in [-0.15, -0.1) is 0 Å². The standard InChI is InChI=1S/C20H24Cl2N6O3S/c1-3-31-26-18(29)12-32-19-24-16(22)10-17(25-19)27-7-8-28(13(2)11-27)20(30)23-15-6-4-5-14(21)9-15/h4-6,9-10,13H,3,7-8,11-12H2,1-2H3,(H,23,30)(H,26,29). The van der Waals surface area contributed by atoms with Crippen molar-refractivity contribution in [3.8, 4) is 0 Å². The Morgan fingerprint density at radius 3 is 2.78 bits per heavy atom. The Balaban J connectivity index is 1.60. The highest BCUT2D eigenvalue weighted by Crippen LogP contribution is 2.24. The van der Waals surface area contributed by atoms with E-state index in [1.165, 1.54) is 11.8 Å². The van der Waals surface area contributed by atoms with Gasteiger partial charge in [-0.25, -0.2) is 20.2 Å². The number of carbonyl (C=O) groups is 2. The van der Waals surface area contributed by atoms with Crippen molar-refractivity contribution in [2.24, 2.45) is 0 Å². The number of anilines is 2. The highest BCUT2D eigenvalue weighted by atomic mass is 35.5. The third-order valence-electron chi connectivity index (χ3n) is 4.61. The van der Waals surface area contributed by atoms with Crippen LogP contribution in [0.15, 0.2) is 35.5 Å². The maximum Gasteiger partial charge on any atom is 0.322 e. The van der Waals surface area contributed by atoms with E-state index in [1.54, 1.807) is 42.2 Å². The number of nitrogens with zero attached hydrogens (tertiary/aromatic N) is 4. The van der Waals surface area contributed by atoms with Crippen LogP contribution in [0.5, 0.6) is 0 Å². The van der Waals surface area contributed by atoms with E-state index in [0.717, 1.165) is 0 Å². The molecule has 1 fully saturated rings. The molecule has 2 aromatic rings. The number of carbonyl (C=O) groups excluding carboxylic acids is 2. The lowest BCUT2D eigenvalue weighted by atomic mass is 10.2. The van der Waals surface area contributed by atoms with Gasteiger partial charge in [-0.2, -0.15) is 0 Å². The fraction of sp³-hybridized carbons (Fsp3) is 0.400. The Morgan fingerprint density at radius 1 is 1.25 bits per heavy atom. The van der Waals surface area contributed by atoms with Crippen LogP contribution in [0.3, 0.4) is 0 Å². The molecule has 0 aliphatic carbocycles. The molecule has 0 radical (unpaired) electrons. The summed E-state index contributed by atoms with van der Waals surface area (Å²) in [5, 5.41) is 4.13. The molecule has 32 heavy (non-hydrogen) atoms. The van der Waals surface area contributed by atoms with Gasteiger partial charge < -0.3 is 15.1 Å². The number of urea groups is 1. The summed E-state index contributed by atoms with van der Waals surface area (Å²) in [6.45, 7) is 5.80. The van der Waals surface area contributed by atoms with Crippen molar-refractivity contribution in [1.82, 2.24) is 20.3 Å². The molecule has 0 saturated carbocycles. The molecule has 9 nitrogen and oxygen atoms in total. The topological polar surface area (TPSA) is 99.7 Å². The average molecular weight is 499 g/mol. The molecule has 2 N–H and O–H groups in total. The molecule has 0 bridgehead atoms. The number of hydrogen-bond donors (Lipinski definition) is 2. The summed E-state index contributed by atoms with van der Waals surface area (Å²) in [6, 6.07) is 8.47. The lowest BCUT2D eigenvalue weighted by molar-refractivity contribution is -0.130. The minimum Gasteiger partial charge on any atom is -0.353 e. The Bertz CT molecular complexity index is 967. The first-order valence-electron chi connectivity index (χ1n) is 10.0. The maximum absolute atomic E-state index is 12.7. The molecule has 1 aromatic carbocycles. The highest BCUT2D eigenvalue weighted by Gasteiger charge is 2.28. The van der Waals surface area contributed by atoms with Crippen LogP contribution in [0.1, 0.15) is 13.8 Å². The van der Waals surface area contributed by atoms with Gasteiger partial charge in [0.15, 0.2) is 5.16 Å². The summed E-state index contributed by atoms with van der Waals surface area (Å²) in [6.07, 6.45) is 0. The van der Waals surface area contributed by atoms with Gasteiger partial charge >= 0.3 is 6.03 Å². The molecule has 1 saturated heterocycles. The first-order valence-corrected chi connectivity index (χ1v) is 11.8. The van der Waals surface area contributed by atoms with Crippen molar-refractivity contribution in [3.63, 3.8) is 0 Å². The fourth-order valence-electron chi connectivity index (χ4n) is 3.15. The van der Waals surface area contributed by atoms with E-state index >= 15 is 0 Å². The summed E-state index contributed by atoms with van der Waals surface area (Å²) in [5.74, 6) is 0.475. The molecule has 2 heterocycles. The van der Waals surface area contributed by atoms with E-state index in [1.807, 2.05) is 11.8 Å². The molecule has 1 aliphatic heterocycles. The zero-order valence-electron chi connectivity index (χ0n) is 17.7. The number of halogens is 2. The number of benzene rings is 1. The van der Waals surface area contributed by atoms with Crippen LogP contribution in [0.4, 0.5) is 16.3 Å². The molecule has 3 rings (SSSR count). The highest BCUT2D eigenvalue weighted by molar-refractivity contribution is 7.99. The quantitative estimate of drug-likeness (QED) is 0.260. The number of thioether (sulfide) groups is 1. The largest absolute Gasteiger partial charge is 0.353 e. The average Bonchev–Trinajstić information content (AvgIpc) is 2.75. The second-order valence-corrected chi connectivity index (χ2v) is 8.77. The van der Waals surface area contributed by atoms with E-state index in [2.05, 4.69) is 20.8 Å². The van der Waals surface area contributed by atoms with Gasteiger partial charge in [0.25, 0.3) is 5.91 Å². The third-order valence-corrected chi connectivity index (χ3v) is 5.89. The molecule has 3 amide bonds. The van der Waals surface area contributed by atoms with Crippen molar-refractivity contribution >= 4 is 58.4 Å². The molecule has 1 aromatic heterocycles. The van der Waals surface area contributed by atoms with Crippen LogP contribution < -0.4 is 15.7 Å². The number of piperazine rings is 1. The lowest BCUT2D eigenvalue weighted by Crippen LogP contribution is -2.55. The normalized spacial score (nSPS) is 16.1. The minimum atomic E-state index is -0.282. The first-order chi connectivity index (χ1) is 15.4. The fourth-order valence-corrected chi connectivity index (χ4v) is 4.21. The smallest absolute Gasteiger partial charge is 0.322 e. The molecule has 1 unspecified atom stereocenters. The molecular formula is C20H24Cl2N6O3S. The SMILES string of the molecule is CCONC(=O)CSc1nc(Cl)cc(N2CCN(C(=O)Nc3cccc(Cl)c3)C(C)C2)n1. The van der Waals surface area contributed by atoms with Crippen molar-refractivity contribution in [3.05, 3.63) is 40.5 Å². The zero-order valence-corrected chi connectivity index (χ0v) is 20.0. The van der Waals surface area contributed by atoms with Crippen LogP contribution in [0, 0.1) is 0 Å². The predicted molar refractivity (Wildman–Crippen MR) is 126 cm³/mol.